The van der Waals surface area contributed by atoms with Gasteiger partial charge >= 0.3 is 0 Å². The van der Waals surface area contributed by atoms with E-state index < -0.39 is 0 Å². The molecule has 1 heterocycles. The van der Waals surface area contributed by atoms with Crippen LogP contribution in [0.3, 0.4) is 0 Å². The standard InChI is InChI=1S/C10H10N2O2S/c1-15-6-9-11-12-10(14-9)7-4-2-3-5-8(7)13/h2-5,13H,6H2,1H3. The summed E-state index contributed by atoms with van der Waals surface area (Å²) in [5, 5.41) is 17.3. The van der Waals surface area contributed by atoms with Crippen LogP contribution < -0.4 is 0 Å². The zero-order chi connectivity index (χ0) is 10.7. The van der Waals surface area contributed by atoms with Gasteiger partial charge in [0.05, 0.1) is 11.3 Å². The Hall–Kier alpha value is -1.49. The Labute approximate surface area is 91.3 Å². The molecular weight excluding hydrogens is 212 g/mol. The number of thioether (sulfide) groups is 1. The maximum atomic E-state index is 9.57. The monoisotopic (exact) mass is 222 g/mol. The van der Waals surface area contributed by atoms with Crippen molar-refractivity contribution in [1.82, 2.24) is 10.2 Å². The molecule has 4 nitrogen and oxygen atoms in total. The number of rotatable bonds is 3. The molecule has 2 rings (SSSR count). The molecule has 0 unspecified atom stereocenters. The van der Waals surface area contributed by atoms with Crippen LogP contribution in [0.5, 0.6) is 5.75 Å². The van der Waals surface area contributed by atoms with Gasteiger partial charge < -0.3 is 9.52 Å². The summed E-state index contributed by atoms with van der Waals surface area (Å²) < 4.78 is 5.39. The van der Waals surface area contributed by atoms with Crippen molar-refractivity contribution >= 4 is 11.8 Å². The van der Waals surface area contributed by atoms with Gasteiger partial charge in [-0.15, -0.1) is 10.2 Å². The van der Waals surface area contributed by atoms with Crippen molar-refractivity contribution in [1.29, 1.82) is 0 Å². The molecule has 1 aromatic carbocycles. The van der Waals surface area contributed by atoms with Crippen LogP contribution in [-0.4, -0.2) is 21.6 Å². The van der Waals surface area contributed by atoms with Gasteiger partial charge in [-0.1, -0.05) is 12.1 Å². The van der Waals surface area contributed by atoms with Gasteiger partial charge in [-0.3, -0.25) is 0 Å². The van der Waals surface area contributed by atoms with E-state index in [9.17, 15) is 5.11 Å². The second-order valence-corrected chi connectivity index (χ2v) is 3.82. The second kappa shape index (κ2) is 4.35. The summed E-state index contributed by atoms with van der Waals surface area (Å²) >= 11 is 1.61. The highest BCUT2D eigenvalue weighted by molar-refractivity contribution is 7.97. The van der Waals surface area contributed by atoms with Crippen molar-refractivity contribution < 1.29 is 9.52 Å². The maximum absolute atomic E-state index is 9.57. The van der Waals surface area contributed by atoms with Gasteiger partial charge in [0.1, 0.15) is 5.75 Å². The van der Waals surface area contributed by atoms with Gasteiger partial charge in [0, 0.05) is 0 Å². The number of aromatic hydroxyl groups is 1. The Balaban J connectivity index is 2.33. The fourth-order valence-electron chi connectivity index (χ4n) is 1.20. The van der Waals surface area contributed by atoms with Crippen LogP contribution in [0, 0.1) is 0 Å². The molecule has 0 spiro atoms. The van der Waals surface area contributed by atoms with Gasteiger partial charge in [0.2, 0.25) is 5.89 Å². The lowest BCUT2D eigenvalue weighted by Crippen LogP contribution is -1.78. The Kier molecular flexibility index (Phi) is 2.91. The maximum Gasteiger partial charge on any atom is 0.251 e. The normalized spacial score (nSPS) is 10.5. The third-order valence-electron chi connectivity index (χ3n) is 1.87. The molecule has 0 aliphatic heterocycles. The third kappa shape index (κ3) is 2.12. The van der Waals surface area contributed by atoms with E-state index >= 15 is 0 Å². The number of aromatic nitrogens is 2. The molecule has 0 fully saturated rings. The van der Waals surface area contributed by atoms with Crippen molar-refractivity contribution in [3.05, 3.63) is 30.2 Å². The van der Waals surface area contributed by atoms with E-state index in [4.69, 9.17) is 4.42 Å². The molecule has 15 heavy (non-hydrogen) atoms. The van der Waals surface area contributed by atoms with Crippen LogP contribution in [0.15, 0.2) is 28.7 Å². The summed E-state index contributed by atoms with van der Waals surface area (Å²) in [5.74, 6) is 1.76. The molecule has 0 saturated heterocycles. The minimum absolute atomic E-state index is 0.150. The molecular formula is C10H10N2O2S. The largest absolute Gasteiger partial charge is 0.507 e. The van der Waals surface area contributed by atoms with Crippen molar-refractivity contribution in [3.63, 3.8) is 0 Å². The van der Waals surface area contributed by atoms with Gasteiger partial charge in [-0.05, 0) is 18.4 Å². The molecule has 0 aliphatic rings. The number of nitrogens with zero attached hydrogens (tertiary/aromatic N) is 2. The quantitative estimate of drug-likeness (QED) is 0.863. The average molecular weight is 222 g/mol. The van der Waals surface area contributed by atoms with E-state index in [1.54, 1.807) is 30.0 Å². The lowest BCUT2D eigenvalue weighted by Gasteiger charge is -1.97. The summed E-state index contributed by atoms with van der Waals surface area (Å²) in [7, 11) is 0. The molecule has 2 aromatic rings. The molecule has 0 bridgehead atoms. The number of phenols is 1. The Morgan fingerprint density at radius 2 is 2.13 bits per heavy atom. The van der Waals surface area contributed by atoms with E-state index in [1.165, 1.54) is 0 Å². The predicted molar refractivity (Wildman–Crippen MR) is 58.6 cm³/mol. The minimum atomic E-state index is 0.150. The number of benzene rings is 1. The lowest BCUT2D eigenvalue weighted by atomic mass is 10.2. The van der Waals surface area contributed by atoms with E-state index in [2.05, 4.69) is 10.2 Å². The fourth-order valence-corrected chi connectivity index (χ4v) is 1.56. The SMILES string of the molecule is CSCc1nnc(-c2ccccc2O)o1. The Morgan fingerprint density at radius 3 is 2.87 bits per heavy atom. The first-order valence-corrected chi connectivity index (χ1v) is 5.80. The molecule has 0 atom stereocenters. The van der Waals surface area contributed by atoms with E-state index in [0.717, 1.165) is 0 Å². The summed E-state index contributed by atoms with van der Waals surface area (Å²) in [4.78, 5) is 0. The Morgan fingerprint density at radius 1 is 1.33 bits per heavy atom. The molecule has 0 radical (unpaired) electrons. The van der Waals surface area contributed by atoms with Crippen LogP contribution in [-0.2, 0) is 5.75 Å². The van der Waals surface area contributed by atoms with Gasteiger partial charge in [0.15, 0.2) is 0 Å². The topological polar surface area (TPSA) is 59.2 Å². The molecule has 0 amide bonds. The first kappa shape index (κ1) is 10.0. The molecule has 1 aromatic heterocycles. The summed E-state index contributed by atoms with van der Waals surface area (Å²) in [6, 6.07) is 6.89. The molecule has 0 saturated carbocycles. The van der Waals surface area contributed by atoms with Crippen molar-refractivity contribution in [2.45, 2.75) is 5.75 Å². The highest BCUT2D eigenvalue weighted by Gasteiger charge is 2.10. The smallest absolute Gasteiger partial charge is 0.251 e. The first-order valence-electron chi connectivity index (χ1n) is 4.41. The number of hydrogen-bond acceptors (Lipinski definition) is 5. The highest BCUT2D eigenvalue weighted by atomic mass is 32.2. The first-order chi connectivity index (χ1) is 7.31. The zero-order valence-corrected chi connectivity index (χ0v) is 8.99. The zero-order valence-electron chi connectivity index (χ0n) is 8.17. The van der Waals surface area contributed by atoms with Gasteiger partial charge in [-0.25, -0.2) is 0 Å². The Bertz CT molecular complexity index is 456. The van der Waals surface area contributed by atoms with Crippen LogP contribution in [0.1, 0.15) is 5.89 Å². The molecule has 1 N–H and O–H groups in total. The molecule has 0 aliphatic carbocycles. The summed E-state index contributed by atoms with van der Waals surface area (Å²) in [6.45, 7) is 0. The van der Waals surface area contributed by atoms with E-state index in [-0.39, 0.29) is 5.75 Å². The second-order valence-electron chi connectivity index (χ2n) is 2.95. The van der Waals surface area contributed by atoms with Crippen LogP contribution >= 0.6 is 11.8 Å². The lowest BCUT2D eigenvalue weighted by molar-refractivity contribution is 0.470. The average Bonchev–Trinajstić information content (AvgIpc) is 2.68. The van der Waals surface area contributed by atoms with Crippen molar-refractivity contribution in [2.24, 2.45) is 0 Å². The van der Waals surface area contributed by atoms with Crippen LogP contribution in [0.4, 0.5) is 0 Å². The summed E-state index contributed by atoms with van der Waals surface area (Å²) in [5.41, 5.74) is 0.567. The van der Waals surface area contributed by atoms with E-state index in [0.29, 0.717) is 23.1 Å². The van der Waals surface area contributed by atoms with Crippen LogP contribution in [0.2, 0.25) is 0 Å². The minimum Gasteiger partial charge on any atom is -0.507 e. The molecule has 5 heteroatoms. The van der Waals surface area contributed by atoms with Gasteiger partial charge in [-0.2, -0.15) is 11.8 Å². The number of hydrogen-bond donors (Lipinski definition) is 1. The fraction of sp³-hybridized carbons (Fsp3) is 0.200. The summed E-state index contributed by atoms with van der Waals surface area (Å²) in [6.07, 6.45) is 1.96. The highest BCUT2D eigenvalue weighted by Crippen LogP contribution is 2.27. The third-order valence-corrected chi connectivity index (χ3v) is 2.40. The number of para-hydroxylation sites is 1. The van der Waals surface area contributed by atoms with Gasteiger partial charge in [0.25, 0.3) is 5.89 Å². The number of phenolic OH excluding ortho intramolecular Hbond substituents is 1. The predicted octanol–water partition coefficient (Wildman–Crippen LogP) is 2.31. The van der Waals surface area contributed by atoms with E-state index in [1.807, 2.05) is 12.3 Å². The van der Waals surface area contributed by atoms with Crippen LogP contribution in [0.25, 0.3) is 11.5 Å². The molecule has 78 valence electrons. The van der Waals surface area contributed by atoms with Crippen molar-refractivity contribution in [2.75, 3.05) is 6.26 Å². The van der Waals surface area contributed by atoms with Crippen molar-refractivity contribution in [3.8, 4) is 17.2 Å².